The number of benzene rings is 2. The molecule has 0 atom stereocenters. The van der Waals surface area contributed by atoms with Gasteiger partial charge in [-0.1, -0.05) is 37.6 Å². The van der Waals surface area contributed by atoms with Crippen molar-refractivity contribution < 1.29 is 13.9 Å². The first-order valence-corrected chi connectivity index (χ1v) is 7.11. The molecule has 0 radical (unpaired) electrons. The Labute approximate surface area is 124 Å². The molecule has 2 aromatic rings. The summed E-state index contributed by atoms with van der Waals surface area (Å²) in [6, 6.07) is 11.9. The summed E-state index contributed by atoms with van der Waals surface area (Å²) in [5.41, 5.74) is 2.54. The second-order valence-corrected chi connectivity index (χ2v) is 5.07. The van der Waals surface area contributed by atoms with Crippen LogP contribution in [0.3, 0.4) is 0 Å². The Morgan fingerprint density at radius 2 is 1.86 bits per heavy atom. The predicted octanol–water partition coefficient (Wildman–Crippen LogP) is 4.35. The maximum atomic E-state index is 13.0. The molecule has 0 N–H and O–H groups in total. The van der Waals surface area contributed by atoms with Gasteiger partial charge in [-0.3, -0.25) is 4.79 Å². The number of hydrogen-bond donors (Lipinski definition) is 0. The van der Waals surface area contributed by atoms with Crippen molar-refractivity contribution in [3.8, 4) is 5.75 Å². The second-order valence-electron chi connectivity index (χ2n) is 5.07. The van der Waals surface area contributed by atoms with Gasteiger partial charge in [-0.25, -0.2) is 4.39 Å². The topological polar surface area (TPSA) is 26.3 Å². The molecule has 0 fully saturated rings. The van der Waals surface area contributed by atoms with Gasteiger partial charge in [0, 0.05) is 5.56 Å². The normalized spacial score (nSPS) is 10.4. The summed E-state index contributed by atoms with van der Waals surface area (Å²) >= 11 is 0. The molecule has 0 aliphatic heterocycles. The quantitative estimate of drug-likeness (QED) is 0.738. The third kappa shape index (κ3) is 4.15. The van der Waals surface area contributed by atoms with Crippen LogP contribution in [0.1, 0.15) is 34.8 Å². The Hall–Kier alpha value is -2.16. The van der Waals surface area contributed by atoms with E-state index in [2.05, 4.69) is 6.92 Å². The first kappa shape index (κ1) is 15.2. The monoisotopic (exact) mass is 286 g/mol. The lowest BCUT2D eigenvalue weighted by atomic mass is 10.1. The fourth-order valence-corrected chi connectivity index (χ4v) is 2.15. The van der Waals surface area contributed by atoms with E-state index in [4.69, 9.17) is 4.74 Å². The Bertz CT molecular complexity index is 618. The third-order valence-corrected chi connectivity index (χ3v) is 3.31. The van der Waals surface area contributed by atoms with Crippen molar-refractivity contribution >= 4 is 5.78 Å². The number of ether oxygens (including phenoxy) is 1. The smallest absolute Gasteiger partial charge is 0.200 e. The fourth-order valence-electron chi connectivity index (χ4n) is 2.15. The molecule has 0 amide bonds. The van der Waals surface area contributed by atoms with Gasteiger partial charge < -0.3 is 4.74 Å². The van der Waals surface area contributed by atoms with Crippen molar-refractivity contribution in [3.63, 3.8) is 0 Å². The molecule has 0 spiro atoms. The molecule has 2 nitrogen and oxygen atoms in total. The lowest BCUT2D eigenvalue weighted by molar-refractivity contribution is 0.0921. The zero-order valence-electron chi connectivity index (χ0n) is 12.4. The van der Waals surface area contributed by atoms with Gasteiger partial charge in [-0.05, 0) is 42.7 Å². The molecule has 2 rings (SSSR count). The summed E-state index contributed by atoms with van der Waals surface area (Å²) < 4.78 is 18.5. The van der Waals surface area contributed by atoms with Gasteiger partial charge in [-0.2, -0.15) is 0 Å². The highest BCUT2D eigenvalue weighted by Gasteiger charge is 2.08. The number of Topliss-reactive ketones (excluding diaryl/α,β-unsaturated/α-hetero) is 1. The van der Waals surface area contributed by atoms with Crippen molar-refractivity contribution in [2.24, 2.45) is 0 Å². The van der Waals surface area contributed by atoms with Crippen LogP contribution >= 0.6 is 0 Å². The third-order valence-electron chi connectivity index (χ3n) is 3.31. The summed E-state index contributed by atoms with van der Waals surface area (Å²) in [5.74, 6) is 0.145. The number of rotatable bonds is 6. The lowest BCUT2D eigenvalue weighted by Gasteiger charge is -2.09. The van der Waals surface area contributed by atoms with Crippen LogP contribution in [0.25, 0.3) is 0 Å². The zero-order valence-corrected chi connectivity index (χ0v) is 12.4. The molecule has 110 valence electrons. The molecule has 0 aromatic heterocycles. The number of hydrogen-bond acceptors (Lipinski definition) is 2. The number of carbonyl (C=O) groups excluding carboxylic acids is 1. The minimum Gasteiger partial charge on any atom is -0.485 e. The first-order valence-electron chi connectivity index (χ1n) is 7.11. The van der Waals surface area contributed by atoms with Crippen LogP contribution < -0.4 is 4.74 Å². The Balaban J connectivity index is 1.98. The van der Waals surface area contributed by atoms with Gasteiger partial charge in [0.1, 0.15) is 11.6 Å². The predicted molar refractivity (Wildman–Crippen MR) is 81.4 cm³/mol. The van der Waals surface area contributed by atoms with Crippen molar-refractivity contribution in [1.29, 1.82) is 0 Å². The minimum absolute atomic E-state index is 0.0421. The first-order chi connectivity index (χ1) is 10.1. The lowest BCUT2D eigenvalue weighted by Crippen LogP contribution is -2.12. The van der Waals surface area contributed by atoms with E-state index in [1.165, 1.54) is 17.7 Å². The summed E-state index contributed by atoms with van der Waals surface area (Å²) in [5, 5.41) is 0. The number of ketones is 1. The summed E-state index contributed by atoms with van der Waals surface area (Å²) in [4.78, 5) is 12.1. The highest BCUT2D eigenvalue weighted by Crippen LogP contribution is 2.18. The van der Waals surface area contributed by atoms with Gasteiger partial charge in [0.05, 0.1) is 0 Å². The minimum atomic E-state index is -0.308. The highest BCUT2D eigenvalue weighted by atomic mass is 19.1. The SMILES string of the molecule is CCCc1ccc(C(=O)COc2ccc(F)cc2C)cc1. The standard InChI is InChI=1S/C18H19FO2/c1-3-4-14-5-7-15(8-6-14)17(20)12-21-18-10-9-16(19)11-13(18)2/h5-11H,3-4,12H2,1-2H3. The van der Waals surface area contributed by atoms with E-state index < -0.39 is 0 Å². The molecule has 0 heterocycles. The highest BCUT2D eigenvalue weighted by molar-refractivity contribution is 5.97. The Morgan fingerprint density at radius 1 is 1.14 bits per heavy atom. The van der Waals surface area contributed by atoms with Crippen molar-refractivity contribution in [1.82, 2.24) is 0 Å². The molecule has 0 aliphatic rings. The molecule has 21 heavy (non-hydrogen) atoms. The van der Waals surface area contributed by atoms with Gasteiger partial charge in [-0.15, -0.1) is 0 Å². The van der Waals surface area contributed by atoms with Crippen LogP contribution in [0.5, 0.6) is 5.75 Å². The molecule has 3 heteroatoms. The van der Waals surface area contributed by atoms with E-state index in [1.54, 1.807) is 13.0 Å². The molecule has 0 unspecified atom stereocenters. The summed E-state index contributed by atoms with van der Waals surface area (Å²) in [7, 11) is 0. The maximum absolute atomic E-state index is 13.0. The van der Waals surface area contributed by atoms with E-state index >= 15 is 0 Å². The van der Waals surface area contributed by atoms with Crippen molar-refractivity contribution in [3.05, 3.63) is 65.0 Å². The van der Waals surface area contributed by atoms with Crippen molar-refractivity contribution in [2.75, 3.05) is 6.61 Å². The van der Waals surface area contributed by atoms with Crippen molar-refractivity contribution in [2.45, 2.75) is 26.7 Å². The van der Waals surface area contributed by atoms with Crippen LogP contribution in [0.4, 0.5) is 4.39 Å². The largest absolute Gasteiger partial charge is 0.485 e. The van der Waals surface area contributed by atoms with E-state index in [0.717, 1.165) is 12.8 Å². The number of carbonyl (C=O) groups is 1. The van der Waals surface area contributed by atoms with Crippen LogP contribution in [0.2, 0.25) is 0 Å². The molecule has 0 bridgehead atoms. The molecule has 2 aromatic carbocycles. The van der Waals surface area contributed by atoms with Crippen LogP contribution in [-0.2, 0) is 6.42 Å². The molecule has 0 aliphatic carbocycles. The summed E-state index contributed by atoms with van der Waals surface area (Å²) in [6.07, 6.45) is 2.10. The molecular weight excluding hydrogens is 267 g/mol. The van der Waals surface area contributed by atoms with Gasteiger partial charge in [0.25, 0.3) is 0 Å². The Kier molecular flexibility index (Phi) is 5.09. The average Bonchev–Trinajstić information content (AvgIpc) is 2.47. The molecular formula is C18H19FO2. The number of aryl methyl sites for hydroxylation is 2. The van der Waals surface area contributed by atoms with E-state index in [9.17, 15) is 9.18 Å². The van der Waals surface area contributed by atoms with Gasteiger partial charge >= 0.3 is 0 Å². The zero-order chi connectivity index (χ0) is 15.2. The van der Waals surface area contributed by atoms with E-state index in [1.807, 2.05) is 24.3 Å². The molecule has 0 saturated heterocycles. The Morgan fingerprint density at radius 3 is 2.48 bits per heavy atom. The van der Waals surface area contributed by atoms with E-state index in [-0.39, 0.29) is 18.2 Å². The van der Waals surface area contributed by atoms with Gasteiger partial charge in [0.15, 0.2) is 12.4 Å². The summed E-state index contributed by atoms with van der Waals surface area (Å²) in [6.45, 7) is 3.83. The fraction of sp³-hybridized carbons (Fsp3) is 0.278. The second kappa shape index (κ2) is 7.02. The van der Waals surface area contributed by atoms with Crippen LogP contribution in [0, 0.1) is 12.7 Å². The van der Waals surface area contributed by atoms with Crippen LogP contribution in [0.15, 0.2) is 42.5 Å². The number of halogens is 1. The van der Waals surface area contributed by atoms with Crippen LogP contribution in [-0.4, -0.2) is 12.4 Å². The maximum Gasteiger partial charge on any atom is 0.200 e. The average molecular weight is 286 g/mol. The van der Waals surface area contributed by atoms with Gasteiger partial charge in [0.2, 0.25) is 0 Å². The van der Waals surface area contributed by atoms with E-state index in [0.29, 0.717) is 16.9 Å². The molecule has 0 saturated carbocycles.